The first-order chi connectivity index (χ1) is 12.3. The van der Waals surface area contributed by atoms with E-state index >= 15 is 0 Å². The first-order valence-electron chi connectivity index (χ1n) is 7.90. The van der Waals surface area contributed by atoms with Gasteiger partial charge in [-0.2, -0.15) is 5.10 Å². The summed E-state index contributed by atoms with van der Waals surface area (Å²) in [5.74, 6) is -0.177. The molecule has 0 unspecified atom stereocenters. The highest BCUT2D eigenvalue weighted by molar-refractivity contribution is 7.15. The number of carbonyl (C=O) groups excluding carboxylic acids is 1. The van der Waals surface area contributed by atoms with Crippen molar-refractivity contribution in [2.24, 2.45) is 0 Å². The molecule has 25 heavy (non-hydrogen) atoms. The van der Waals surface area contributed by atoms with Crippen LogP contribution in [0.1, 0.15) is 28.5 Å². The van der Waals surface area contributed by atoms with Gasteiger partial charge in [-0.1, -0.05) is 30.3 Å². The summed E-state index contributed by atoms with van der Waals surface area (Å²) in [5.41, 5.74) is 1.48. The predicted octanol–water partition coefficient (Wildman–Crippen LogP) is 2.55. The molecule has 126 valence electrons. The zero-order valence-electron chi connectivity index (χ0n) is 13.3. The number of nitrogens with one attached hydrogen (secondary N) is 1. The summed E-state index contributed by atoms with van der Waals surface area (Å²) in [6, 6.07) is 9.80. The molecule has 1 atom stereocenters. The number of rotatable bonds is 6. The molecule has 0 saturated heterocycles. The number of aromatic nitrogens is 5. The van der Waals surface area contributed by atoms with Crippen molar-refractivity contribution in [3.63, 3.8) is 0 Å². The van der Waals surface area contributed by atoms with Gasteiger partial charge in [0.25, 0.3) is 5.91 Å². The van der Waals surface area contributed by atoms with Crippen LogP contribution < -0.4 is 5.32 Å². The number of nitrogens with zero attached hydrogens (tertiary/aromatic N) is 5. The normalized spacial score (nSPS) is 12.3. The van der Waals surface area contributed by atoms with Crippen molar-refractivity contribution < 1.29 is 4.79 Å². The molecule has 8 heteroatoms. The molecule has 7 nitrogen and oxygen atoms in total. The van der Waals surface area contributed by atoms with Gasteiger partial charge >= 0.3 is 0 Å². The van der Waals surface area contributed by atoms with Gasteiger partial charge in [-0.25, -0.2) is 9.97 Å². The Bertz CT molecular complexity index is 931. The van der Waals surface area contributed by atoms with Gasteiger partial charge < -0.3 is 5.32 Å². The number of benzene rings is 1. The van der Waals surface area contributed by atoms with E-state index in [-0.39, 0.29) is 11.9 Å². The van der Waals surface area contributed by atoms with Crippen molar-refractivity contribution in [1.82, 2.24) is 29.5 Å². The number of thiazole rings is 1. The Hall–Kier alpha value is -3.00. The van der Waals surface area contributed by atoms with Crippen molar-refractivity contribution in [3.8, 4) is 0 Å². The van der Waals surface area contributed by atoms with Crippen LogP contribution in [0.15, 0.2) is 60.8 Å². The second-order valence-corrected chi connectivity index (χ2v) is 6.48. The van der Waals surface area contributed by atoms with Crippen LogP contribution in [0.2, 0.25) is 0 Å². The quantitative estimate of drug-likeness (QED) is 0.578. The largest absolute Gasteiger partial charge is 0.344 e. The van der Waals surface area contributed by atoms with E-state index in [1.165, 1.54) is 17.7 Å². The van der Waals surface area contributed by atoms with Crippen molar-refractivity contribution in [2.75, 3.05) is 0 Å². The fourth-order valence-electron chi connectivity index (χ4n) is 2.69. The van der Waals surface area contributed by atoms with E-state index in [1.807, 2.05) is 46.3 Å². The number of fused-ring (bicyclic) bond motifs is 1. The van der Waals surface area contributed by atoms with Crippen LogP contribution in [0.3, 0.4) is 0 Å². The summed E-state index contributed by atoms with van der Waals surface area (Å²) < 4.78 is 3.61. The highest BCUT2D eigenvalue weighted by Gasteiger charge is 2.18. The molecular formula is C17H16N6OS. The van der Waals surface area contributed by atoms with Gasteiger partial charge in [-0.05, 0) is 12.0 Å². The average molecular weight is 352 g/mol. The minimum Gasteiger partial charge on any atom is -0.344 e. The highest BCUT2D eigenvalue weighted by atomic mass is 32.1. The molecule has 1 aromatic carbocycles. The van der Waals surface area contributed by atoms with Gasteiger partial charge in [-0.3, -0.25) is 13.9 Å². The number of aryl methyl sites for hydroxylation is 1. The third kappa shape index (κ3) is 3.43. The molecule has 0 aliphatic carbocycles. The molecule has 0 bridgehead atoms. The lowest BCUT2D eigenvalue weighted by molar-refractivity contribution is 0.0929. The van der Waals surface area contributed by atoms with Crippen molar-refractivity contribution in [2.45, 2.75) is 19.0 Å². The highest BCUT2D eigenvalue weighted by Crippen LogP contribution is 2.19. The van der Waals surface area contributed by atoms with Crippen LogP contribution >= 0.6 is 11.3 Å². The number of hydrogen-bond donors (Lipinski definition) is 1. The lowest BCUT2D eigenvalue weighted by Crippen LogP contribution is -2.29. The molecule has 0 radical (unpaired) electrons. The Morgan fingerprint density at radius 1 is 1.28 bits per heavy atom. The second-order valence-electron chi connectivity index (χ2n) is 5.60. The van der Waals surface area contributed by atoms with Crippen LogP contribution in [0, 0.1) is 0 Å². The Morgan fingerprint density at radius 3 is 2.92 bits per heavy atom. The summed E-state index contributed by atoms with van der Waals surface area (Å²) >= 11 is 1.50. The summed E-state index contributed by atoms with van der Waals surface area (Å²) in [6.07, 6.45) is 7.53. The van der Waals surface area contributed by atoms with E-state index in [9.17, 15) is 4.79 Å². The molecule has 0 aliphatic heterocycles. The predicted molar refractivity (Wildman–Crippen MR) is 94.4 cm³/mol. The monoisotopic (exact) mass is 352 g/mol. The summed E-state index contributed by atoms with van der Waals surface area (Å²) in [7, 11) is 0. The molecule has 4 aromatic rings. The van der Waals surface area contributed by atoms with Crippen molar-refractivity contribution in [3.05, 3.63) is 72.0 Å². The molecule has 1 amide bonds. The molecule has 0 spiro atoms. The van der Waals surface area contributed by atoms with E-state index in [0.29, 0.717) is 18.7 Å². The lowest BCUT2D eigenvalue weighted by atomic mass is 10.0. The Morgan fingerprint density at radius 2 is 2.16 bits per heavy atom. The second kappa shape index (κ2) is 6.86. The van der Waals surface area contributed by atoms with Gasteiger partial charge in [0.15, 0.2) is 4.96 Å². The third-order valence-corrected chi connectivity index (χ3v) is 4.72. The maximum atomic E-state index is 12.6. The first kappa shape index (κ1) is 15.5. The molecule has 1 N–H and O–H groups in total. The van der Waals surface area contributed by atoms with Crippen molar-refractivity contribution in [1.29, 1.82) is 0 Å². The number of amides is 1. The van der Waals surface area contributed by atoms with Crippen LogP contribution in [0.25, 0.3) is 4.96 Å². The minimum atomic E-state index is -0.177. The lowest BCUT2D eigenvalue weighted by Gasteiger charge is -2.18. The zero-order chi connectivity index (χ0) is 17.1. The number of imidazole rings is 1. The zero-order valence-corrected chi connectivity index (χ0v) is 14.1. The molecule has 4 rings (SSSR count). The van der Waals surface area contributed by atoms with Crippen LogP contribution in [-0.4, -0.2) is 30.1 Å². The molecule has 0 aliphatic rings. The fraction of sp³-hybridized carbons (Fsp3) is 0.176. The first-order valence-corrected chi connectivity index (χ1v) is 8.78. The van der Waals surface area contributed by atoms with Gasteiger partial charge in [0.1, 0.15) is 18.3 Å². The Labute approximate surface area is 148 Å². The Balaban J connectivity index is 1.52. The maximum absolute atomic E-state index is 12.6. The van der Waals surface area contributed by atoms with Gasteiger partial charge in [-0.15, -0.1) is 11.3 Å². The van der Waals surface area contributed by atoms with Crippen LogP contribution in [-0.2, 0) is 6.54 Å². The number of carbonyl (C=O) groups is 1. The summed E-state index contributed by atoms with van der Waals surface area (Å²) in [6.45, 7) is 0.665. The fourth-order valence-corrected chi connectivity index (χ4v) is 3.39. The summed E-state index contributed by atoms with van der Waals surface area (Å²) in [4.78, 5) is 21.8. The molecule has 0 fully saturated rings. The van der Waals surface area contributed by atoms with Gasteiger partial charge in [0.2, 0.25) is 0 Å². The van der Waals surface area contributed by atoms with Gasteiger partial charge in [0, 0.05) is 24.3 Å². The van der Waals surface area contributed by atoms with E-state index < -0.39 is 0 Å². The van der Waals surface area contributed by atoms with E-state index in [0.717, 1.165) is 10.5 Å². The average Bonchev–Trinajstić information content (AvgIpc) is 3.35. The minimum absolute atomic E-state index is 0.127. The third-order valence-electron chi connectivity index (χ3n) is 3.95. The molecule has 0 saturated carbocycles. The smallest absolute Gasteiger partial charge is 0.272 e. The summed E-state index contributed by atoms with van der Waals surface area (Å²) in [5, 5.41) is 9.15. The maximum Gasteiger partial charge on any atom is 0.272 e. The standard InChI is InChI=1S/C17H16N6OS/c24-16(15-10-22-8-9-25-17(22)21-15)20-14(13-4-2-1-3-5-13)6-7-23-12-18-11-19-23/h1-5,8-12,14H,6-7H2,(H,20,24)/t14-/m0/s1. The SMILES string of the molecule is O=C(N[C@@H](CCn1cncn1)c1ccccc1)c1cn2ccsc2n1. The topological polar surface area (TPSA) is 77.1 Å². The van der Waals surface area contributed by atoms with Crippen LogP contribution in [0.4, 0.5) is 0 Å². The van der Waals surface area contributed by atoms with Gasteiger partial charge in [0.05, 0.1) is 6.04 Å². The Kier molecular flexibility index (Phi) is 4.26. The van der Waals surface area contributed by atoms with E-state index in [4.69, 9.17) is 0 Å². The van der Waals surface area contributed by atoms with E-state index in [2.05, 4.69) is 20.4 Å². The molecular weight excluding hydrogens is 336 g/mol. The van der Waals surface area contributed by atoms with E-state index in [1.54, 1.807) is 17.2 Å². The van der Waals surface area contributed by atoms with Crippen LogP contribution in [0.5, 0.6) is 0 Å². The molecule has 3 aromatic heterocycles. The molecule has 3 heterocycles. The number of hydrogen-bond acceptors (Lipinski definition) is 5. The van der Waals surface area contributed by atoms with Crippen molar-refractivity contribution >= 4 is 22.2 Å².